The number of hydrogen-bond donors (Lipinski definition) is 0. The van der Waals surface area contributed by atoms with Crippen LogP contribution in [0.2, 0.25) is 0 Å². The zero-order valence-corrected chi connectivity index (χ0v) is 11.7. The van der Waals surface area contributed by atoms with E-state index in [9.17, 15) is 0 Å². The van der Waals surface area contributed by atoms with Crippen molar-refractivity contribution >= 4 is 33.1 Å². The van der Waals surface area contributed by atoms with Gasteiger partial charge in [0.15, 0.2) is 0 Å². The quantitative estimate of drug-likeness (QED) is 0.630. The summed E-state index contributed by atoms with van der Waals surface area (Å²) in [5.41, 5.74) is 3.92. The normalized spacial score (nSPS) is 11.9. The number of benzene rings is 1. The molecule has 0 aliphatic rings. The van der Waals surface area contributed by atoms with Crippen LogP contribution in [-0.4, -0.2) is 4.98 Å². The smallest absolute Gasteiger partial charge is 0.0348 e. The number of fused-ring (bicyclic) bond motifs is 1. The highest BCUT2D eigenvalue weighted by molar-refractivity contribution is 7.17. The molecule has 3 aromatic rings. The van der Waals surface area contributed by atoms with Crippen molar-refractivity contribution in [3.05, 3.63) is 65.3 Å². The van der Waals surface area contributed by atoms with E-state index in [0.717, 1.165) is 6.42 Å². The molecule has 94 valence electrons. The van der Waals surface area contributed by atoms with E-state index in [-0.39, 0.29) is 0 Å². The molecule has 1 aromatic carbocycles. The molecule has 2 heteroatoms. The number of thiophene rings is 1. The molecule has 0 aliphatic carbocycles. The Labute approximate surface area is 117 Å². The van der Waals surface area contributed by atoms with Crippen LogP contribution in [0, 0.1) is 0 Å². The summed E-state index contributed by atoms with van der Waals surface area (Å²) in [4.78, 5) is 4.08. The first-order valence-electron chi connectivity index (χ1n) is 6.45. The second-order valence-electron chi connectivity index (χ2n) is 4.45. The molecule has 0 radical (unpaired) electrons. The summed E-state index contributed by atoms with van der Waals surface area (Å²) in [6.07, 6.45) is 7.03. The van der Waals surface area contributed by atoms with E-state index in [1.807, 2.05) is 12.4 Å². The molecule has 0 saturated heterocycles. The van der Waals surface area contributed by atoms with E-state index < -0.39 is 0 Å². The van der Waals surface area contributed by atoms with Crippen LogP contribution in [0.25, 0.3) is 21.7 Å². The van der Waals surface area contributed by atoms with Gasteiger partial charge in [-0.3, -0.25) is 4.98 Å². The zero-order valence-electron chi connectivity index (χ0n) is 10.8. The van der Waals surface area contributed by atoms with Crippen LogP contribution in [-0.2, 0) is 0 Å². The molecular formula is C17H15NS. The van der Waals surface area contributed by atoms with Crippen molar-refractivity contribution in [2.24, 2.45) is 0 Å². The first-order valence-corrected chi connectivity index (χ1v) is 7.33. The van der Waals surface area contributed by atoms with Gasteiger partial charge in [0.05, 0.1) is 0 Å². The summed E-state index contributed by atoms with van der Waals surface area (Å²) in [6.45, 7) is 2.20. The summed E-state index contributed by atoms with van der Waals surface area (Å²) < 4.78 is 1.35. The lowest BCUT2D eigenvalue weighted by atomic mass is 10.0. The number of rotatable bonds is 3. The van der Waals surface area contributed by atoms with Crippen molar-refractivity contribution in [2.75, 3.05) is 0 Å². The van der Waals surface area contributed by atoms with Crippen LogP contribution < -0.4 is 0 Å². The van der Waals surface area contributed by atoms with Gasteiger partial charge in [-0.25, -0.2) is 0 Å². The summed E-state index contributed by atoms with van der Waals surface area (Å²) in [6, 6.07) is 12.7. The fourth-order valence-corrected chi connectivity index (χ4v) is 3.17. The second kappa shape index (κ2) is 5.37. The van der Waals surface area contributed by atoms with Crippen LogP contribution >= 0.6 is 11.3 Å². The first-order chi connectivity index (χ1) is 9.38. The van der Waals surface area contributed by atoms with Crippen molar-refractivity contribution in [1.82, 2.24) is 4.98 Å². The molecule has 0 aliphatic heterocycles. The lowest BCUT2D eigenvalue weighted by molar-refractivity contribution is 1.23. The van der Waals surface area contributed by atoms with Crippen molar-refractivity contribution in [3.63, 3.8) is 0 Å². The number of aromatic nitrogens is 1. The molecule has 3 rings (SSSR count). The molecule has 19 heavy (non-hydrogen) atoms. The van der Waals surface area contributed by atoms with Gasteiger partial charge >= 0.3 is 0 Å². The molecule has 0 atom stereocenters. The van der Waals surface area contributed by atoms with Gasteiger partial charge in [-0.15, -0.1) is 11.3 Å². The minimum atomic E-state index is 1.02. The van der Waals surface area contributed by atoms with E-state index in [0.29, 0.717) is 0 Å². The third-order valence-corrected chi connectivity index (χ3v) is 4.25. The highest BCUT2D eigenvalue weighted by Crippen LogP contribution is 2.30. The van der Waals surface area contributed by atoms with Gasteiger partial charge in [-0.05, 0) is 58.2 Å². The number of nitrogens with zero attached hydrogens (tertiary/aromatic N) is 1. The van der Waals surface area contributed by atoms with Gasteiger partial charge in [0.1, 0.15) is 0 Å². The number of hydrogen-bond acceptors (Lipinski definition) is 2. The number of pyridine rings is 1. The molecule has 0 bridgehead atoms. The Bertz CT molecular complexity index is 710. The predicted molar refractivity (Wildman–Crippen MR) is 84.2 cm³/mol. The molecule has 0 N–H and O–H groups in total. The SMILES string of the molecule is CCC(=Cc1csc2ccccc12)c1ccncc1. The molecule has 2 heterocycles. The molecule has 0 saturated carbocycles. The third kappa shape index (κ3) is 2.45. The maximum absolute atomic E-state index is 4.08. The van der Waals surface area contributed by atoms with E-state index in [1.165, 1.54) is 26.8 Å². The van der Waals surface area contributed by atoms with Gasteiger partial charge in [0.25, 0.3) is 0 Å². The van der Waals surface area contributed by atoms with Crippen LogP contribution in [0.15, 0.2) is 54.2 Å². The second-order valence-corrected chi connectivity index (χ2v) is 5.36. The molecular weight excluding hydrogens is 250 g/mol. The Balaban J connectivity index is 2.08. The van der Waals surface area contributed by atoms with Gasteiger partial charge in [-0.2, -0.15) is 0 Å². The largest absolute Gasteiger partial charge is 0.265 e. The van der Waals surface area contributed by atoms with E-state index in [2.05, 4.69) is 59.8 Å². The maximum atomic E-state index is 4.08. The highest BCUT2D eigenvalue weighted by atomic mass is 32.1. The van der Waals surface area contributed by atoms with Crippen molar-refractivity contribution < 1.29 is 0 Å². The van der Waals surface area contributed by atoms with E-state index >= 15 is 0 Å². The Morgan fingerprint density at radius 3 is 2.74 bits per heavy atom. The van der Waals surface area contributed by atoms with Crippen LogP contribution in [0.1, 0.15) is 24.5 Å². The average Bonchev–Trinajstić information content (AvgIpc) is 2.89. The minimum absolute atomic E-state index is 1.02. The topological polar surface area (TPSA) is 12.9 Å². The van der Waals surface area contributed by atoms with Gasteiger partial charge in [0, 0.05) is 17.1 Å². The van der Waals surface area contributed by atoms with Gasteiger partial charge in [0.2, 0.25) is 0 Å². The Morgan fingerprint density at radius 2 is 1.95 bits per heavy atom. The Kier molecular flexibility index (Phi) is 3.43. The maximum Gasteiger partial charge on any atom is 0.0348 e. The van der Waals surface area contributed by atoms with E-state index in [1.54, 1.807) is 11.3 Å². The highest BCUT2D eigenvalue weighted by Gasteiger charge is 2.03. The summed E-state index contributed by atoms with van der Waals surface area (Å²) in [5, 5.41) is 3.58. The average molecular weight is 265 g/mol. The summed E-state index contributed by atoms with van der Waals surface area (Å²) in [5.74, 6) is 0. The first kappa shape index (κ1) is 12.1. The standard InChI is InChI=1S/C17H15NS/c1-2-13(14-7-9-18-10-8-14)11-15-12-19-17-6-4-3-5-16(15)17/h3-12H,2H2,1H3. The molecule has 0 fully saturated rings. The van der Waals surface area contributed by atoms with Gasteiger partial charge < -0.3 is 0 Å². The molecule has 0 spiro atoms. The van der Waals surface area contributed by atoms with Crippen LogP contribution in [0.3, 0.4) is 0 Å². The Hall–Kier alpha value is -1.93. The predicted octanol–water partition coefficient (Wildman–Crippen LogP) is 5.25. The Morgan fingerprint density at radius 1 is 1.16 bits per heavy atom. The third-order valence-electron chi connectivity index (χ3n) is 3.27. The lowest BCUT2D eigenvalue weighted by Crippen LogP contribution is -1.83. The lowest BCUT2D eigenvalue weighted by Gasteiger charge is -2.04. The van der Waals surface area contributed by atoms with Gasteiger partial charge in [-0.1, -0.05) is 25.1 Å². The summed E-state index contributed by atoms with van der Waals surface area (Å²) >= 11 is 1.80. The molecule has 0 unspecified atom stereocenters. The molecule has 0 amide bonds. The van der Waals surface area contributed by atoms with Crippen LogP contribution in [0.4, 0.5) is 0 Å². The summed E-state index contributed by atoms with van der Waals surface area (Å²) in [7, 11) is 0. The fourth-order valence-electron chi connectivity index (χ4n) is 2.25. The molecule has 2 aromatic heterocycles. The van der Waals surface area contributed by atoms with Crippen molar-refractivity contribution in [2.45, 2.75) is 13.3 Å². The van der Waals surface area contributed by atoms with Crippen LogP contribution in [0.5, 0.6) is 0 Å². The minimum Gasteiger partial charge on any atom is -0.265 e. The van der Waals surface area contributed by atoms with E-state index in [4.69, 9.17) is 0 Å². The number of allylic oxidation sites excluding steroid dienone is 1. The van der Waals surface area contributed by atoms with Crippen molar-refractivity contribution in [1.29, 1.82) is 0 Å². The molecule has 1 nitrogen and oxygen atoms in total. The van der Waals surface area contributed by atoms with Crippen molar-refractivity contribution in [3.8, 4) is 0 Å². The zero-order chi connectivity index (χ0) is 13.1. The fraction of sp³-hybridized carbons (Fsp3) is 0.118. The monoisotopic (exact) mass is 265 g/mol.